The quantitative estimate of drug-likeness (QED) is 0.568. The second-order valence-corrected chi connectivity index (χ2v) is 1.48. The van der Waals surface area contributed by atoms with Crippen LogP contribution in [0.4, 0.5) is 13.2 Å². The number of rotatable bonds is 3. The van der Waals surface area contributed by atoms with Crippen molar-refractivity contribution in [1.82, 2.24) is 0 Å². The molecule has 4 heteroatoms. The van der Waals surface area contributed by atoms with Crippen molar-refractivity contribution in [3.05, 3.63) is 0 Å². The Morgan fingerprint density at radius 1 is 1.12 bits per heavy atom. The number of halogens is 3. The van der Waals surface area contributed by atoms with Crippen molar-refractivity contribution in [1.29, 1.82) is 0 Å². The van der Waals surface area contributed by atoms with Crippen LogP contribution in [0.15, 0.2) is 0 Å². The molecule has 0 fully saturated rings. The molecule has 50 valence electrons. The van der Waals surface area contributed by atoms with Gasteiger partial charge in [0.25, 0.3) is 0 Å². The van der Waals surface area contributed by atoms with Crippen molar-refractivity contribution < 1.29 is 13.2 Å². The maximum atomic E-state index is 11.5. The van der Waals surface area contributed by atoms with E-state index in [1.807, 2.05) is 0 Å². The Hall–Kier alpha value is -0.250. The lowest BCUT2D eigenvalue weighted by Crippen LogP contribution is -2.13. The Bertz CT molecular complexity index is 47.2. The van der Waals surface area contributed by atoms with Crippen LogP contribution in [0.1, 0.15) is 12.8 Å². The highest BCUT2D eigenvalue weighted by Gasteiger charge is 2.05. The maximum Gasteiger partial charge on any atom is 0.238 e. The minimum atomic E-state index is -2.43. The molecule has 0 radical (unpaired) electrons. The van der Waals surface area contributed by atoms with E-state index in [1.54, 1.807) is 0 Å². The minimum Gasteiger partial charge on any atom is -0.302 e. The van der Waals surface area contributed by atoms with Gasteiger partial charge < -0.3 is 5.73 Å². The third-order valence-electron chi connectivity index (χ3n) is 0.661. The molecule has 0 saturated heterocycles. The lowest BCUT2D eigenvalue weighted by atomic mass is 10.3. The summed E-state index contributed by atoms with van der Waals surface area (Å²) >= 11 is 0. The molecular weight excluding hydrogens is 119 g/mol. The van der Waals surface area contributed by atoms with Crippen LogP contribution < -0.4 is 5.73 Å². The zero-order valence-corrected chi connectivity index (χ0v) is 4.28. The van der Waals surface area contributed by atoms with Crippen LogP contribution >= 0.6 is 0 Å². The standard InChI is InChI=1S/C4H8F3N/c5-3(6)1-2-4(7)8/h3-4H,1-2,8H2. The number of hydrogen-bond donors (Lipinski definition) is 1. The highest BCUT2D eigenvalue weighted by Crippen LogP contribution is 2.04. The molecule has 0 aliphatic carbocycles. The number of alkyl halides is 3. The summed E-state index contributed by atoms with van der Waals surface area (Å²) in [4.78, 5) is 0. The molecule has 0 amide bonds. The summed E-state index contributed by atoms with van der Waals surface area (Å²) in [5, 5.41) is 0. The Labute approximate surface area is 45.7 Å². The second-order valence-electron chi connectivity index (χ2n) is 1.48. The molecule has 1 atom stereocenters. The average Bonchev–Trinajstić information content (AvgIpc) is 1.61. The normalized spacial score (nSPS) is 14.6. The van der Waals surface area contributed by atoms with Crippen molar-refractivity contribution in [3.63, 3.8) is 0 Å². The molecule has 0 bridgehead atoms. The summed E-state index contributed by atoms with van der Waals surface area (Å²) in [6.45, 7) is 0. The largest absolute Gasteiger partial charge is 0.302 e. The van der Waals surface area contributed by atoms with E-state index in [0.29, 0.717) is 0 Å². The lowest BCUT2D eigenvalue weighted by molar-refractivity contribution is 0.122. The van der Waals surface area contributed by atoms with E-state index in [4.69, 9.17) is 0 Å². The molecule has 0 heterocycles. The molecular formula is C4H8F3N. The van der Waals surface area contributed by atoms with Gasteiger partial charge in [0.2, 0.25) is 6.43 Å². The van der Waals surface area contributed by atoms with Gasteiger partial charge in [-0.1, -0.05) is 0 Å². The molecule has 0 rings (SSSR count). The summed E-state index contributed by atoms with van der Waals surface area (Å²) in [5.41, 5.74) is 4.54. The Balaban J connectivity index is 2.93. The Kier molecular flexibility index (Phi) is 3.60. The van der Waals surface area contributed by atoms with Gasteiger partial charge in [-0.25, -0.2) is 13.2 Å². The molecule has 1 unspecified atom stereocenters. The Morgan fingerprint density at radius 2 is 1.62 bits per heavy atom. The van der Waals surface area contributed by atoms with E-state index in [-0.39, 0.29) is 6.42 Å². The number of nitrogens with two attached hydrogens (primary N) is 1. The first-order valence-electron chi connectivity index (χ1n) is 2.30. The predicted molar refractivity (Wildman–Crippen MR) is 24.3 cm³/mol. The zero-order valence-electron chi connectivity index (χ0n) is 4.28. The van der Waals surface area contributed by atoms with Crippen molar-refractivity contribution >= 4 is 0 Å². The van der Waals surface area contributed by atoms with Gasteiger partial charge in [-0.05, 0) is 6.42 Å². The van der Waals surface area contributed by atoms with E-state index in [1.165, 1.54) is 0 Å². The van der Waals surface area contributed by atoms with Gasteiger partial charge in [0.05, 0.1) is 0 Å². The molecule has 0 aromatic heterocycles. The van der Waals surface area contributed by atoms with Crippen LogP contribution in [-0.2, 0) is 0 Å². The molecule has 2 N–H and O–H groups in total. The fraction of sp³-hybridized carbons (Fsp3) is 1.00. The average molecular weight is 127 g/mol. The molecule has 0 spiro atoms. The van der Waals surface area contributed by atoms with Crippen LogP contribution in [0.5, 0.6) is 0 Å². The van der Waals surface area contributed by atoms with E-state index in [0.717, 1.165) is 0 Å². The van der Waals surface area contributed by atoms with E-state index < -0.39 is 19.1 Å². The number of hydrogen-bond acceptors (Lipinski definition) is 1. The summed E-state index contributed by atoms with van der Waals surface area (Å²) in [7, 11) is 0. The van der Waals surface area contributed by atoms with Gasteiger partial charge in [0.15, 0.2) is 0 Å². The highest BCUT2D eigenvalue weighted by atomic mass is 19.3. The highest BCUT2D eigenvalue weighted by molar-refractivity contribution is 4.46. The van der Waals surface area contributed by atoms with Gasteiger partial charge in [-0.2, -0.15) is 0 Å². The van der Waals surface area contributed by atoms with Crippen molar-refractivity contribution in [2.24, 2.45) is 5.73 Å². The second kappa shape index (κ2) is 3.72. The van der Waals surface area contributed by atoms with Crippen LogP contribution in [-0.4, -0.2) is 12.7 Å². The summed E-state index contributed by atoms with van der Waals surface area (Å²) in [6, 6.07) is 0. The SMILES string of the molecule is NC(F)CCC(F)F. The zero-order chi connectivity index (χ0) is 6.57. The maximum absolute atomic E-state index is 11.5. The smallest absolute Gasteiger partial charge is 0.238 e. The van der Waals surface area contributed by atoms with Crippen molar-refractivity contribution in [2.75, 3.05) is 0 Å². The van der Waals surface area contributed by atoms with Crippen LogP contribution in [0.25, 0.3) is 0 Å². The van der Waals surface area contributed by atoms with Gasteiger partial charge in [0, 0.05) is 6.42 Å². The fourth-order valence-electron chi connectivity index (χ4n) is 0.285. The third-order valence-corrected chi connectivity index (χ3v) is 0.661. The van der Waals surface area contributed by atoms with Gasteiger partial charge in [-0.3, -0.25) is 0 Å². The monoisotopic (exact) mass is 127 g/mol. The van der Waals surface area contributed by atoms with Crippen molar-refractivity contribution in [2.45, 2.75) is 25.6 Å². The Morgan fingerprint density at radius 3 is 1.75 bits per heavy atom. The van der Waals surface area contributed by atoms with Gasteiger partial charge >= 0.3 is 0 Å². The molecule has 1 nitrogen and oxygen atoms in total. The first-order chi connectivity index (χ1) is 3.63. The predicted octanol–water partition coefficient (Wildman–Crippen LogP) is 1.29. The van der Waals surface area contributed by atoms with Crippen LogP contribution in [0.3, 0.4) is 0 Å². The lowest BCUT2D eigenvalue weighted by Gasteiger charge is -1.98. The summed E-state index contributed by atoms with van der Waals surface area (Å²) in [6.07, 6.45) is -4.73. The molecule has 0 aromatic rings. The first-order valence-corrected chi connectivity index (χ1v) is 2.30. The van der Waals surface area contributed by atoms with Gasteiger partial charge in [-0.15, -0.1) is 0 Å². The van der Waals surface area contributed by atoms with E-state index >= 15 is 0 Å². The minimum absolute atomic E-state index is 0.252. The summed E-state index contributed by atoms with van der Waals surface area (Å²) in [5.74, 6) is 0. The topological polar surface area (TPSA) is 26.0 Å². The summed E-state index contributed by atoms with van der Waals surface area (Å²) < 4.78 is 33.9. The van der Waals surface area contributed by atoms with Crippen LogP contribution in [0, 0.1) is 0 Å². The molecule has 0 saturated carbocycles. The fourth-order valence-corrected chi connectivity index (χ4v) is 0.285. The molecule has 0 aliphatic rings. The molecule has 0 aromatic carbocycles. The first kappa shape index (κ1) is 7.75. The van der Waals surface area contributed by atoms with Crippen molar-refractivity contribution in [3.8, 4) is 0 Å². The molecule has 8 heavy (non-hydrogen) atoms. The van der Waals surface area contributed by atoms with E-state index in [2.05, 4.69) is 5.73 Å². The molecule has 0 aliphatic heterocycles. The third kappa shape index (κ3) is 5.75. The van der Waals surface area contributed by atoms with Crippen LogP contribution in [0.2, 0.25) is 0 Å². The van der Waals surface area contributed by atoms with Gasteiger partial charge in [0.1, 0.15) is 6.30 Å². The van der Waals surface area contributed by atoms with E-state index in [9.17, 15) is 13.2 Å².